The minimum absolute atomic E-state index is 0.464. The van der Waals surface area contributed by atoms with Crippen LogP contribution in [0.25, 0.3) is 0 Å². The Balaban J connectivity index is 1.94. The summed E-state index contributed by atoms with van der Waals surface area (Å²) in [5.74, 6) is 0.870. The summed E-state index contributed by atoms with van der Waals surface area (Å²) in [6.45, 7) is 9.71. The third kappa shape index (κ3) is 2.54. The smallest absolute Gasteiger partial charge is 0.0126 e. The van der Waals surface area contributed by atoms with Gasteiger partial charge in [-0.2, -0.15) is 0 Å². The lowest BCUT2D eigenvalue weighted by atomic mass is 9.91. The summed E-state index contributed by atoms with van der Waals surface area (Å²) < 4.78 is 0. The lowest BCUT2D eigenvalue weighted by Crippen LogP contribution is -2.46. The Bertz CT molecular complexity index is 217. The minimum Gasteiger partial charge on any atom is -0.328 e. The van der Waals surface area contributed by atoms with E-state index in [0.29, 0.717) is 11.5 Å². The molecule has 2 atom stereocenters. The lowest BCUT2D eigenvalue weighted by Gasteiger charge is -2.37. The van der Waals surface area contributed by atoms with E-state index in [1.54, 1.807) is 0 Å². The van der Waals surface area contributed by atoms with Crippen LogP contribution in [0.15, 0.2) is 0 Å². The number of rotatable bonds is 1. The Kier molecular flexibility index (Phi) is 3.09. The second-order valence-corrected chi connectivity index (χ2v) is 6.49. The van der Waals surface area contributed by atoms with Gasteiger partial charge in [-0.15, -0.1) is 0 Å². The van der Waals surface area contributed by atoms with Crippen molar-refractivity contribution in [3.8, 4) is 0 Å². The van der Waals surface area contributed by atoms with Gasteiger partial charge in [0.15, 0.2) is 0 Å². The fourth-order valence-corrected chi connectivity index (χ4v) is 3.60. The zero-order valence-corrected chi connectivity index (χ0v) is 10.5. The summed E-state index contributed by atoms with van der Waals surface area (Å²) in [6, 6.07) is 1.29. The van der Waals surface area contributed by atoms with Gasteiger partial charge in [0.05, 0.1) is 0 Å². The van der Waals surface area contributed by atoms with Crippen molar-refractivity contribution in [3.05, 3.63) is 0 Å². The van der Waals surface area contributed by atoms with Gasteiger partial charge in [-0.1, -0.05) is 20.8 Å². The maximum atomic E-state index is 5.96. The van der Waals surface area contributed by atoms with Gasteiger partial charge in [-0.05, 0) is 50.1 Å². The van der Waals surface area contributed by atoms with Crippen molar-refractivity contribution >= 4 is 0 Å². The fraction of sp³-hybridized carbons (Fsp3) is 1.00. The maximum absolute atomic E-state index is 5.96. The van der Waals surface area contributed by atoms with Gasteiger partial charge in [0.2, 0.25) is 0 Å². The van der Waals surface area contributed by atoms with Crippen molar-refractivity contribution in [1.82, 2.24) is 4.90 Å². The first-order valence-electron chi connectivity index (χ1n) is 6.47. The SMILES string of the molecule is CC1CC(C)(C)CC1N1CCC(N)CC1. The summed E-state index contributed by atoms with van der Waals surface area (Å²) in [5.41, 5.74) is 6.52. The molecule has 2 rings (SSSR count). The van der Waals surface area contributed by atoms with Crippen LogP contribution in [0.4, 0.5) is 0 Å². The highest BCUT2D eigenvalue weighted by molar-refractivity contribution is 4.94. The van der Waals surface area contributed by atoms with Crippen molar-refractivity contribution in [2.24, 2.45) is 17.1 Å². The maximum Gasteiger partial charge on any atom is 0.0126 e. The van der Waals surface area contributed by atoms with Crippen LogP contribution in [0.3, 0.4) is 0 Å². The molecule has 1 saturated carbocycles. The van der Waals surface area contributed by atoms with E-state index in [1.807, 2.05) is 0 Å². The van der Waals surface area contributed by atoms with Crippen LogP contribution in [0, 0.1) is 11.3 Å². The molecular weight excluding hydrogens is 184 g/mol. The van der Waals surface area contributed by atoms with E-state index in [4.69, 9.17) is 5.73 Å². The molecule has 1 aliphatic heterocycles. The lowest BCUT2D eigenvalue weighted by molar-refractivity contribution is 0.126. The first-order chi connectivity index (χ1) is 6.98. The van der Waals surface area contributed by atoms with Gasteiger partial charge in [-0.25, -0.2) is 0 Å². The zero-order chi connectivity index (χ0) is 11.1. The summed E-state index contributed by atoms with van der Waals surface area (Å²) in [5, 5.41) is 0. The topological polar surface area (TPSA) is 29.3 Å². The number of nitrogens with two attached hydrogens (primary N) is 1. The number of hydrogen-bond acceptors (Lipinski definition) is 2. The van der Waals surface area contributed by atoms with Gasteiger partial charge in [0.1, 0.15) is 0 Å². The second kappa shape index (κ2) is 4.06. The molecule has 1 heterocycles. The molecule has 2 unspecified atom stereocenters. The quantitative estimate of drug-likeness (QED) is 0.719. The highest BCUT2D eigenvalue weighted by Crippen LogP contribution is 2.43. The van der Waals surface area contributed by atoms with Crippen LogP contribution in [0.1, 0.15) is 46.5 Å². The normalized spacial score (nSPS) is 38.4. The van der Waals surface area contributed by atoms with E-state index in [0.717, 1.165) is 12.0 Å². The predicted octanol–water partition coefficient (Wildman–Crippen LogP) is 2.23. The van der Waals surface area contributed by atoms with E-state index in [-0.39, 0.29) is 0 Å². The molecule has 2 heteroatoms. The zero-order valence-electron chi connectivity index (χ0n) is 10.5. The summed E-state index contributed by atoms with van der Waals surface area (Å²) in [7, 11) is 0. The van der Waals surface area contributed by atoms with Crippen molar-refractivity contribution in [2.75, 3.05) is 13.1 Å². The third-order valence-electron chi connectivity index (χ3n) is 4.34. The molecule has 0 radical (unpaired) electrons. The van der Waals surface area contributed by atoms with E-state index in [1.165, 1.54) is 38.8 Å². The highest BCUT2D eigenvalue weighted by Gasteiger charge is 2.40. The summed E-state index contributed by atoms with van der Waals surface area (Å²) >= 11 is 0. The molecule has 2 N–H and O–H groups in total. The Morgan fingerprint density at radius 2 is 1.73 bits per heavy atom. The van der Waals surface area contributed by atoms with Crippen LogP contribution >= 0.6 is 0 Å². The van der Waals surface area contributed by atoms with Crippen LogP contribution < -0.4 is 5.73 Å². The molecule has 0 aromatic heterocycles. The first-order valence-corrected chi connectivity index (χ1v) is 6.47. The summed E-state index contributed by atoms with van der Waals surface area (Å²) in [6.07, 6.45) is 5.16. The molecule has 88 valence electrons. The average Bonchev–Trinajstić information content (AvgIpc) is 2.41. The molecule has 1 saturated heterocycles. The average molecular weight is 210 g/mol. The Morgan fingerprint density at radius 3 is 2.20 bits per heavy atom. The van der Waals surface area contributed by atoms with Gasteiger partial charge < -0.3 is 5.73 Å². The molecule has 2 nitrogen and oxygen atoms in total. The van der Waals surface area contributed by atoms with Crippen LogP contribution in [-0.2, 0) is 0 Å². The molecule has 0 amide bonds. The first kappa shape index (κ1) is 11.4. The Labute approximate surface area is 94.2 Å². The Morgan fingerprint density at radius 1 is 1.13 bits per heavy atom. The largest absolute Gasteiger partial charge is 0.328 e. The van der Waals surface area contributed by atoms with Crippen molar-refractivity contribution in [2.45, 2.75) is 58.5 Å². The predicted molar refractivity (Wildman–Crippen MR) is 64.7 cm³/mol. The van der Waals surface area contributed by atoms with Crippen molar-refractivity contribution < 1.29 is 0 Å². The van der Waals surface area contributed by atoms with Gasteiger partial charge >= 0.3 is 0 Å². The molecular formula is C13H26N2. The molecule has 0 aromatic carbocycles. The highest BCUT2D eigenvalue weighted by atomic mass is 15.2. The Hall–Kier alpha value is -0.0800. The van der Waals surface area contributed by atoms with Crippen LogP contribution in [0.5, 0.6) is 0 Å². The van der Waals surface area contributed by atoms with E-state index in [9.17, 15) is 0 Å². The van der Waals surface area contributed by atoms with Crippen molar-refractivity contribution in [1.29, 1.82) is 0 Å². The number of likely N-dealkylation sites (tertiary alicyclic amines) is 1. The van der Waals surface area contributed by atoms with Gasteiger partial charge in [-0.3, -0.25) is 4.90 Å². The van der Waals surface area contributed by atoms with E-state index >= 15 is 0 Å². The fourth-order valence-electron chi connectivity index (χ4n) is 3.60. The van der Waals surface area contributed by atoms with E-state index in [2.05, 4.69) is 25.7 Å². The number of nitrogens with zero attached hydrogens (tertiary/aromatic N) is 1. The number of hydrogen-bond donors (Lipinski definition) is 1. The number of piperidine rings is 1. The van der Waals surface area contributed by atoms with E-state index < -0.39 is 0 Å². The summed E-state index contributed by atoms with van der Waals surface area (Å²) in [4.78, 5) is 2.70. The molecule has 2 aliphatic rings. The van der Waals surface area contributed by atoms with Crippen LogP contribution in [0.2, 0.25) is 0 Å². The minimum atomic E-state index is 0.464. The molecule has 1 aliphatic carbocycles. The molecule has 0 spiro atoms. The monoisotopic (exact) mass is 210 g/mol. The van der Waals surface area contributed by atoms with Gasteiger partial charge in [0.25, 0.3) is 0 Å². The second-order valence-electron chi connectivity index (χ2n) is 6.49. The van der Waals surface area contributed by atoms with Gasteiger partial charge in [0, 0.05) is 12.1 Å². The molecule has 2 fully saturated rings. The molecule has 15 heavy (non-hydrogen) atoms. The molecule has 0 bridgehead atoms. The third-order valence-corrected chi connectivity index (χ3v) is 4.34. The molecule has 0 aromatic rings. The van der Waals surface area contributed by atoms with Crippen LogP contribution in [-0.4, -0.2) is 30.1 Å². The van der Waals surface area contributed by atoms with Crippen molar-refractivity contribution in [3.63, 3.8) is 0 Å². The standard InChI is InChI=1S/C13H26N2/c1-10-8-13(2,3)9-12(10)15-6-4-11(14)5-7-15/h10-12H,4-9,14H2,1-3H3.